The third-order valence-electron chi connectivity index (χ3n) is 8.54. The van der Waals surface area contributed by atoms with Crippen LogP contribution in [-0.2, 0) is 28.1 Å². The molecule has 1 aliphatic rings. The van der Waals surface area contributed by atoms with Crippen LogP contribution in [0.4, 0.5) is 22.9 Å². The standard InChI is InChI=1S/C39H30BN5O.Pt/c1-28-13-9-14-29(2)38(28)40-44(30-15-5-4-6-16-30)37-23-12-24-41-39(37)45(40)32-18-11-20-34(26-32)46-33-19-10-17-31(25-33)43-27-42(3)35-21-7-8-22-36(35)43;/h4-24H,1-3H3;/q-2;. The molecule has 6 nitrogen and oxygen atoms in total. The normalized spacial score (nSPS) is 12.3. The summed E-state index contributed by atoms with van der Waals surface area (Å²) in [4.78, 5) is 9.56. The number of ether oxygens (including phenoxy) is 1. The van der Waals surface area contributed by atoms with Crippen LogP contribution in [0.2, 0.25) is 0 Å². The van der Waals surface area contributed by atoms with Gasteiger partial charge in [0.25, 0.3) is 0 Å². The van der Waals surface area contributed by atoms with Crippen molar-refractivity contribution in [2.24, 2.45) is 7.05 Å². The molecule has 0 radical (unpaired) electrons. The number of hydrogen-bond donors (Lipinski definition) is 0. The first-order valence-electron chi connectivity index (χ1n) is 15.3. The number of fused-ring (bicyclic) bond motifs is 2. The van der Waals surface area contributed by atoms with Gasteiger partial charge in [-0.05, 0) is 43.6 Å². The quantitative estimate of drug-likeness (QED) is 0.101. The number of aromatic nitrogens is 3. The second-order valence-corrected chi connectivity index (χ2v) is 11.5. The summed E-state index contributed by atoms with van der Waals surface area (Å²) in [7, 11) is 2.00. The minimum Gasteiger partial charge on any atom is -0.510 e. The van der Waals surface area contributed by atoms with E-state index in [0.717, 1.165) is 39.6 Å². The number of para-hydroxylation sites is 3. The molecule has 0 N–H and O–H groups in total. The topological polar surface area (TPSA) is 37.4 Å². The third kappa shape index (κ3) is 5.41. The average Bonchev–Trinajstić information content (AvgIpc) is 3.60. The number of pyridine rings is 1. The minimum atomic E-state index is -0.187. The number of rotatable bonds is 6. The van der Waals surface area contributed by atoms with E-state index in [2.05, 4.69) is 109 Å². The van der Waals surface area contributed by atoms with E-state index in [1.807, 2.05) is 77.0 Å². The van der Waals surface area contributed by atoms with E-state index in [4.69, 9.17) is 9.72 Å². The summed E-state index contributed by atoms with van der Waals surface area (Å²) in [5.41, 5.74) is 9.62. The molecule has 5 aromatic carbocycles. The van der Waals surface area contributed by atoms with Crippen molar-refractivity contribution in [3.05, 3.63) is 157 Å². The molecule has 3 heterocycles. The molecule has 8 rings (SSSR count). The van der Waals surface area contributed by atoms with Gasteiger partial charge >= 0.3 is 6.98 Å². The fraction of sp³-hybridized carbons (Fsp3) is 0.0769. The Hall–Kier alpha value is -5.13. The molecule has 0 bridgehead atoms. The molecule has 2 aromatic heterocycles. The Bertz CT molecular complexity index is 2200. The van der Waals surface area contributed by atoms with E-state index in [0.29, 0.717) is 11.5 Å². The molecule has 8 heteroatoms. The molecule has 232 valence electrons. The second kappa shape index (κ2) is 12.6. The maximum absolute atomic E-state index is 6.44. The largest absolute Gasteiger partial charge is 0.510 e. The maximum Gasteiger partial charge on any atom is 0.420 e. The summed E-state index contributed by atoms with van der Waals surface area (Å²) in [6.45, 7) is 4.17. The van der Waals surface area contributed by atoms with Crippen molar-refractivity contribution >= 4 is 46.4 Å². The summed E-state index contributed by atoms with van der Waals surface area (Å²) < 4.78 is 10.4. The van der Waals surface area contributed by atoms with Gasteiger partial charge in [0.15, 0.2) is 0 Å². The molecule has 0 unspecified atom stereocenters. The van der Waals surface area contributed by atoms with Crippen molar-refractivity contribution in [1.29, 1.82) is 0 Å². The van der Waals surface area contributed by atoms with Crippen LogP contribution in [-0.4, -0.2) is 16.5 Å². The van der Waals surface area contributed by atoms with Crippen molar-refractivity contribution < 1.29 is 30.4 Å². The van der Waals surface area contributed by atoms with Crippen LogP contribution in [0.5, 0.6) is 11.5 Å². The van der Waals surface area contributed by atoms with Gasteiger partial charge in [0.1, 0.15) is 5.82 Å². The molecule has 7 aromatic rings. The molecule has 0 spiro atoms. The number of nitrogens with zero attached hydrogens (tertiary/aromatic N) is 5. The SMILES string of the molecule is Cc1cccc(C)c1B1N(c2ccccc2)c2cccnc2N1c1[c-]c(Oc2[c-]c(-n3[c-][n+](C)c4ccccc43)ccc2)ccc1.[Pt]. The molecule has 0 saturated carbocycles. The van der Waals surface area contributed by atoms with Crippen LogP contribution >= 0.6 is 0 Å². The van der Waals surface area contributed by atoms with Gasteiger partial charge in [-0.2, -0.15) is 18.2 Å². The van der Waals surface area contributed by atoms with E-state index in [1.165, 1.54) is 16.6 Å². The molecule has 47 heavy (non-hydrogen) atoms. The first-order chi connectivity index (χ1) is 22.6. The molecule has 0 amide bonds. The zero-order valence-corrected chi connectivity index (χ0v) is 28.4. The van der Waals surface area contributed by atoms with Crippen LogP contribution < -0.4 is 24.4 Å². The van der Waals surface area contributed by atoms with E-state index >= 15 is 0 Å². The van der Waals surface area contributed by atoms with Crippen LogP contribution in [0.1, 0.15) is 11.1 Å². The van der Waals surface area contributed by atoms with Gasteiger partial charge in [0.2, 0.25) is 6.33 Å². The smallest absolute Gasteiger partial charge is 0.420 e. The number of aryl methyl sites for hydroxylation is 3. The fourth-order valence-electron chi connectivity index (χ4n) is 6.49. The summed E-state index contributed by atoms with van der Waals surface area (Å²) in [6, 6.07) is 48.3. The molecule has 0 aliphatic carbocycles. The van der Waals surface area contributed by atoms with E-state index in [9.17, 15) is 0 Å². The van der Waals surface area contributed by atoms with E-state index in [1.54, 1.807) is 0 Å². The Balaban J connectivity index is 0.00000351. The Morgan fingerprint density at radius 2 is 1.34 bits per heavy atom. The molecular formula is C39H30BN5OPt-2. The van der Waals surface area contributed by atoms with Gasteiger partial charge in [-0.1, -0.05) is 83.2 Å². The zero-order chi connectivity index (χ0) is 31.2. The van der Waals surface area contributed by atoms with Gasteiger partial charge in [-0.15, -0.1) is 30.3 Å². The van der Waals surface area contributed by atoms with Crippen LogP contribution in [0, 0.1) is 32.3 Å². The van der Waals surface area contributed by atoms with E-state index in [-0.39, 0.29) is 28.0 Å². The summed E-state index contributed by atoms with van der Waals surface area (Å²) >= 11 is 0. The van der Waals surface area contributed by atoms with Crippen LogP contribution in [0.3, 0.4) is 0 Å². The van der Waals surface area contributed by atoms with Crippen molar-refractivity contribution in [2.45, 2.75) is 13.8 Å². The Kier molecular flexibility index (Phi) is 8.17. The number of imidazole rings is 1. The predicted molar refractivity (Wildman–Crippen MR) is 184 cm³/mol. The van der Waals surface area contributed by atoms with Crippen molar-refractivity contribution in [3.63, 3.8) is 0 Å². The Morgan fingerprint density at radius 3 is 2.11 bits per heavy atom. The van der Waals surface area contributed by atoms with E-state index < -0.39 is 0 Å². The monoisotopic (exact) mass is 790 g/mol. The second-order valence-electron chi connectivity index (χ2n) is 11.5. The van der Waals surface area contributed by atoms with Gasteiger partial charge in [-0.25, -0.2) is 4.98 Å². The first-order valence-corrected chi connectivity index (χ1v) is 15.3. The van der Waals surface area contributed by atoms with Gasteiger partial charge in [0.05, 0.1) is 23.8 Å². The Labute approximate surface area is 289 Å². The number of hydrogen-bond acceptors (Lipinski definition) is 4. The first kappa shape index (κ1) is 30.5. The molecule has 0 saturated heterocycles. The fourth-order valence-corrected chi connectivity index (χ4v) is 6.49. The summed E-state index contributed by atoms with van der Waals surface area (Å²) in [6.07, 6.45) is 5.24. The summed E-state index contributed by atoms with van der Waals surface area (Å²) in [5.74, 6) is 2.05. The zero-order valence-electron chi connectivity index (χ0n) is 26.2. The minimum absolute atomic E-state index is 0. The average molecular weight is 791 g/mol. The van der Waals surface area contributed by atoms with Crippen molar-refractivity contribution in [3.8, 4) is 17.2 Å². The van der Waals surface area contributed by atoms with Crippen LogP contribution in [0.15, 0.2) is 128 Å². The Morgan fingerprint density at radius 1 is 0.681 bits per heavy atom. The number of anilines is 4. The van der Waals surface area contributed by atoms with Crippen LogP contribution in [0.25, 0.3) is 16.7 Å². The van der Waals surface area contributed by atoms with Gasteiger partial charge in [0, 0.05) is 44.4 Å². The summed E-state index contributed by atoms with van der Waals surface area (Å²) in [5, 5.41) is 0. The van der Waals surface area contributed by atoms with Crippen molar-refractivity contribution in [2.75, 3.05) is 9.62 Å². The van der Waals surface area contributed by atoms with Gasteiger partial charge < -0.3 is 23.5 Å². The van der Waals surface area contributed by atoms with Crippen molar-refractivity contribution in [1.82, 2.24) is 9.55 Å². The molecule has 0 atom stereocenters. The maximum atomic E-state index is 6.44. The molecule has 0 fully saturated rings. The molecule has 1 aliphatic heterocycles. The van der Waals surface area contributed by atoms with Gasteiger partial charge in [-0.3, -0.25) is 0 Å². The molecular weight excluding hydrogens is 760 g/mol. The third-order valence-corrected chi connectivity index (χ3v) is 8.54. The predicted octanol–water partition coefficient (Wildman–Crippen LogP) is 7.34. The number of benzene rings is 5.